The summed E-state index contributed by atoms with van der Waals surface area (Å²) < 4.78 is 14.5. The molecule has 1 heterocycles. The lowest BCUT2D eigenvalue weighted by molar-refractivity contribution is 0.616. The molecule has 0 aliphatic carbocycles. The van der Waals surface area contributed by atoms with E-state index in [-0.39, 0.29) is 5.82 Å². The van der Waals surface area contributed by atoms with Crippen LogP contribution >= 0.6 is 27.7 Å². The summed E-state index contributed by atoms with van der Waals surface area (Å²) in [7, 11) is 0. The zero-order valence-corrected chi connectivity index (χ0v) is 14.2. The van der Waals surface area contributed by atoms with Crippen molar-refractivity contribution >= 4 is 27.7 Å². The van der Waals surface area contributed by atoms with Gasteiger partial charge in [0, 0.05) is 15.8 Å². The molecule has 0 unspecified atom stereocenters. The van der Waals surface area contributed by atoms with Crippen LogP contribution < -0.4 is 0 Å². The Labute approximate surface area is 140 Å². The number of hydrogen-bond acceptors (Lipinski definition) is 3. The van der Waals surface area contributed by atoms with E-state index in [1.807, 2.05) is 37.3 Å². The Morgan fingerprint density at radius 1 is 1.18 bits per heavy atom. The van der Waals surface area contributed by atoms with Gasteiger partial charge in [-0.05, 0) is 24.6 Å². The van der Waals surface area contributed by atoms with E-state index >= 15 is 0 Å². The van der Waals surface area contributed by atoms with Crippen molar-refractivity contribution in [1.29, 1.82) is 0 Å². The van der Waals surface area contributed by atoms with Gasteiger partial charge in [0.05, 0.1) is 0 Å². The van der Waals surface area contributed by atoms with Crippen LogP contribution in [0.2, 0.25) is 0 Å². The second-order valence-corrected chi connectivity index (χ2v) is 6.72. The normalized spacial score (nSPS) is 10.9. The third-order valence-electron chi connectivity index (χ3n) is 3.16. The number of hydrogen-bond donors (Lipinski definition) is 1. The van der Waals surface area contributed by atoms with E-state index in [9.17, 15) is 4.39 Å². The highest BCUT2D eigenvalue weighted by Gasteiger charge is 2.08. The summed E-state index contributed by atoms with van der Waals surface area (Å²) >= 11 is 4.65. The maximum absolute atomic E-state index is 13.8. The molecule has 0 fully saturated rings. The Morgan fingerprint density at radius 2 is 1.95 bits per heavy atom. The Morgan fingerprint density at radius 3 is 2.68 bits per heavy atom. The van der Waals surface area contributed by atoms with E-state index in [4.69, 9.17) is 0 Å². The second-order valence-electron chi connectivity index (χ2n) is 4.86. The van der Waals surface area contributed by atoms with Crippen molar-refractivity contribution in [2.75, 3.05) is 0 Å². The van der Waals surface area contributed by atoms with Crippen LogP contribution in [0.5, 0.6) is 0 Å². The molecule has 0 aliphatic rings. The molecule has 0 radical (unpaired) electrons. The van der Waals surface area contributed by atoms with Gasteiger partial charge in [0.1, 0.15) is 5.82 Å². The van der Waals surface area contributed by atoms with Crippen molar-refractivity contribution in [1.82, 2.24) is 15.2 Å². The lowest BCUT2D eigenvalue weighted by atomic mass is 10.1. The largest absolute Gasteiger partial charge is 0.258 e. The first kappa shape index (κ1) is 15.2. The number of thioether (sulfide) groups is 1. The molecule has 2 aromatic carbocycles. The molecule has 0 saturated carbocycles. The van der Waals surface area contributed by atoms with Gasteiger partial charge in [-0.25, -0.2) is 9.37 Å². The van der Waals surface area contributed by atoms with E-state index in [1.165, 1.54) is 23.4 Å². The van der Waals surface area contributed by atoms with Crippen molar-refractivity contribution in [2.24, 2.45) is 0 Å². The van der Waals surface area contributed by atoms with Crippen molar-refractivity contribution in [2.45, 2.75) is 17.8 Å². The van der Waals surface area contributed by atoms with Crippen LogP contribution in [0.4, 0.5) is 4.39 Å². The maximum Gasteiger partial charge on any atom is 0.209 e. The van der Waals surface area contributed by atoms with Crippen LogP contribution in [-0.2, 0) is 5.75 Å². The monoisotopic (exact) mass is 377 g/mol. The molecule has 1 aromatic heterocycles. The maximum atomic E-state index is 13.8. The topological polar surface area (TPSA) is 41.6 Å². The van der Waals surface area contributed by atoms with Crippen molar-refractivity contribution in [3.05, 3.63) is 63.9 Å². The number of aromatic amines is 1. The lowest BCUT2D eigenvalue weighted by Gasteiger charge is -2.01. The summed E-state index contributed by atoms with van der Waals surface area (Å²) in [6.07, 6.45) is 0. The van der Waals surface area contributed by atoms with E-state index in [0.717, 1.165) is 15.9 Å². The SMILES string of the molecule is Cc1ccc(-c2nc(SCc3ccc(Br)cc3F)n[nH]2)cc1. The Bertz CT molecular complexity index is 786. The highest BCUT2D eigenvalue weighted by atomic mass is 79.9. The first-order chi connectivity index (χ1) is 10.6. The fourth-order valence-corrected chi connectivity index (χ4v) is 3.05. The summed E-state index contributed by atoms with van der Waals surface area (Å²) in [6.45, 7) is 2.04. The summed E-state index contributed by atoms with van der Waals surface area (Å²) in [5, 5.41) is 7.70. The Balaban J connectivity index is 1.70. The highest BCUT2D eigenvalue weighted by molar-refractivity contribution is 9.10. The first-order valence-corrected chi connectivity index (χ1v) is 8.46. The van der Waals surface area contributed by atoms with Crippen LogP contribution in [0, 0.1) is 12.7 Å². The van der Waals surface area contributed by atoms with Crippen LogP contribution in [0.3, 0.4) is 0 Å². The van der Waals surface area contributed by atoms with Crippen molar-refractivity contribution < 1.29 is 4.39 Å². The van der Waals surface area contributed by atoms with Gasteiger partial charge in [-0.15, -0.1) is 5.10 Å². The minimum atomic E-state index is -0.226. The number of nitrogens with zero attached hydrogens (tertiary/aromatic N) is 2. The van der Waals surface area contributed by atoms with Crippen molar-refractivity contribution in [3.63, 3.8) is 0 Å². The first-order valence-electron chi connectivity index (χ1n) is 6.68. The zero-order chi connectivity index (χ0) is 15.5. The molecule has 6 heteroatoms. The van der Waals surface area contributed by atoms with Gasteiger partial charge in [0.2, 0.25) is 5.16 Å². The van der Waals surface area contributed by atoms with Crippen LogP contribution in [0.25, 0.3) is 11.4 Å². The van der Waals surface area contributed by atoms with Gasteiger partial charge in [-0.2, -0.15) is 0 Å². The smallest absolute Gasteiger partial charge is 0.209 e. The average molecular weight is 378 g/mol. The number of aryl methyl sites for hydroxylation is 1. The minimum Gasteiger partial charge on any atom is -0.258 e. The summed E-state index contributed by atoms with van der Waals surface area (Å²) in [4.78, 5) is 4.44. The molecule has 0 saturated heterocycles. The van der Waals surface area contributed by atoms with Gasteiger partial charge < -0.3 is 0 Å². The number of benzene rings is 2. The fourth-order valence-electron chi connectivity index (χ4n) is 1.93. The van der Waals surface area contributed by atoms with Gasteiger partial charge in [0.15, 0.2) is 5.82 Å². The molecule has 0 bridgehead atoms. The Kier molecular flexibility index (Phi) is 4.59. The molecule has 3 rings (SSSR count). The molecule has 0 aliphatic heterocycles. The highest BCUT2D eigenvalue weighted by Crippen LogP contribution is 2.25. The molecule has 112 valence electrons. The average Bonchev–Trinajstić information content (AvgIpc) is 2.96. The van der Waals surface area contributed by atoms with Gasteiger partial charge in [-0.1, -0.05) is 63.6 Å². The number of H-pyrrole nitrogens is 1. The molecule has 3 nitrogen and oxygen atoms in total. The number of nitrogens with one attached hydrogen (secondary N) is 1. The summed E-state index contributed by atoms with van der Waals surface area (Å²) in [6, 6.07) is 13.1. The van der Waals surface area contributed by atoms with E-state index in [0.29, 0.717) is 16.5 Å². The predicted molar refractivity (Wildman–Crippen MR) is 90.2 cm³/mol. The molecule has 0 amide bonds. The zero-order valence-electron chi connectivity index (χ0n) is 11.8. The molecular weight excluding hydrogens is 365 g/mol. The Hall–Kier alpha value is -1.66. The molecule has 3 aromatic rings. The second kappa shape index (κ2) is 6.62. The van der Waals surface area contributed by atoms with Gasteiger partial charge >= 0.3 is 0 Å². The minimum absolute atomic E-state index is 0.226. The number of rotatable bonds is 4. The number of halogens is 2. The van der Waals surface area contributed by atoms with E-state index in [1.54, 1.807) is 6.07 Å². The van der Waals surface area contributed by atoms with E-state index in [2.05, 4.69) is 31.1 Å². The molecule has 0 atom stereocenters. The molecule has 22 heavy (non-hydrogen) atoms. The quantitative estimate of drug-likeness (QED) is 0.652. The number of aromatic nitrogens is 3. The molecular formula is C16H13BrFN3S. The third kappa shape index (κ3) is 3.56. The lowest BCUT2D eigenvalue weighted by Crippen LogP contribution is -1.88. The molecule has 0 spiro atoms. The van der Waals surface area contributed by atoms with Gasteiger partial charge in [0.25, 0.3) is 0 Å². The van der Waals surface area contributed by atoms with E-state index < -0.39 is 0 Å². The standard InChI is InChI=1S/C16H13BrFN3S/c1-10-2-4-11(5-3-10)15-19-16(21-20-15)22-9-12-6-7-13(17)8-14(12)18/h2-8H,9H2,1H3,(H,19,20,21). The third-order valence-corrected chi connectivity index (χ3v) is 4.55. The summed E-state index contributed by atoms with van der Waals surface area (Å²) in [5.41, 5.74) is 2.82. The fraction of sp³-hybridized carbons (Fsp3) is 0.125. The van der Waals surface area contributed by atoms with Crippen molar-refractivity contribution in [3.8, 4) is 11.4 Å². The summed E-state index contributed by atoms with van der Waals surface area (Å²) in [5.74, 6) is 0.986. The van der Waals surface area contributed by atoms with Crippen LogP contribution in [-0.4, -0.2) is 15.2 Å². The van der Waals surface area contributed by atoms with Crippen LogP contribution in [0.15, 0.2) is 52.1 Å². The van der Waals surface area contributed by atoms with Crippen LogP contribution in [0.1, 0.15) is 11.1 Å². The predicted octanol–water partition coefficient (Wildman–Crippen LogP) is 4.97. The molecule has 1 N–H and O–H groups in total. The van der Waals surface area contributed by atoms with Gasteiger partial charge in [-0.3, -0.25) is 5.10 Å².